The van der Waals surface area contributed by atoms with Crippen molar-refractivity contribution in [2.45, 2.75) is 45.4 Å². The Morgan fingerprint density at radius 3 is 2.04 bits per heavy atom. The Morgan fingerprint density at radius 1 is 0.766 bits per heavy atom. The molecule has 0 N–H and O–H groups in total. The van der Waals surface area contributed by atoms with Crippen molar-refractivity contribution in [1.82, 2.24) is 14.7 Å². The van der Waals surface area contributed by atoms with Crippen molar-refractivity contribution in [2.24, 2.45) is 0 Å². The smallest absolute Gasteiger partial charge is 0.255 e. The van der Waals surface area contributed by atoms with Gasteiger partial charge in [0.25, 0.3) is 5.91 Å². The van der Waals surface area contributed by atoms with E-state index in [0.717, 1.165) is 81.9 Å². The summed E-state index contributed by atoms with van der Waals surface area (Å²) in [6.07, 6.45) is 1.77. The molecule has 0 aliphatic carbocycles. The van der Waals surface area contributed by atoms with Crippen molar-refractivity contribution < 1.29 is 14.3 Å². The van der Waals surface area contributed by atoms with Gasteiger partial charge in [-0.2, -0.15) is 0 Å². The zero-order valence-corrected chi connectivity index (χ0v) is 28.1. The van der Waals surface area contributed by atoms with Gasteiger partial charge in [0.15, 0.2) is 11.5 Å². The molecule has 0 radical (unpaired) electrons. The second kappa shape index (κ2) is 15.5. The van der Waals surface area contributed by atoms with E-state index in [1.165, 1.54) is 16.8 Å². The van der Waals surface area contributed by atoms with Crippen LogP contribution in [0.5, 0.6) is 11.5 Å². The molecule has 1 unspecified atom stereocenters. The number of hydrogen-bond donors (Lipinski definition) is 0. The van der Waals surface area contributed by atoms with E-state index in [0.29, 0.717) is 18.0 Å². The number of carbonyl (C=O) groups excluding carboxylic acids is 1. The molecular weight excluding hydrogens is 584 g/mol. The first-order chi connectivity index (χ1) is 23.1. The molecule has 0 spiro atoms. The molecule has 0 aromatic heterocycles. The molecule has 2 aliphatic rings. The largest absolute Gasteiger partial charge is 0.493 e. The minimum absolute atomic E-state index is 0.102. The average Bonchev–Trinajstić information content (AvgIpc) is 3.46. The van der Waals surface area contributed by atoms with Crippen LogP contribution in [0.3, 0.4) is 0 Å². The van der Waals surface area contributed by atoms with Crippen molar-refractivity contribution in [2.75, 3.05) is 58.4 Å². The molecule has 0 bridgehead atoms. The second-order valence-electron chi connectivity index (χ2n) is 12.6. The van der Waals surface area contributed by atoms with Gasteiger partial charge in [0.1, 0.15) is 0 Å². The maximum absolute atomic E-state index is 14.2. The van der Waals surface area contributed by atoms with Crippen LogP contribution in [-0.4, -0.2) is 74.1 Å². The van der Waals surface area contributed by atoms with Crippen molar-refractivity contribution in [3.63, 3.8) is 0 Å². The summed E-state index contributed by atoms with van der Waals surface area (Å²) in [4.78, 5) is 23.8. The lowest BCUT2D eigenvalue weighted by molar-refractivity contribution is 0.0684. The molecular formula is C40H48N4O3. The predicted octanol–water partition coefficient (Wildman–Crippen LogP) is 7.03. The highest BCUT2D eigenvalue weighted by Crippen LogP contribution is 2.40. The summed E-state index contributed by atoms with van der Waals surface area (Å²) in [6, 6.07) is 33.6. The zero-order chi connectivity index (χ0) is 32.6. The minimum atomic E-state index is -0.102. The maximum Gasteiger partial charge on any atom is 0.255 e. The van der Waals surface area contributed by atoms with Crippen LogP contribution in [-0.2, 0) is 19.6 Å². The number of methoxy groups -OCH3 is 2. The van der Waals surface area contributed by atoms with Crippen molar-refractivity contribution in [3.05, 3.63) is 125 Å². The van der Waals surface area contributed by atoms with Crippen LogP contribution >= 0.6 is 0 Å². The van der Waals surface area contributed by atoms with E-state index in [2.05, 4.69) is 111 Å². The third kappa shape index (κ3) is 7.64. The number of anilines is 1. The molecule has 1 saturated heterocycles. The number of amides is 1. The molecule has 7 heteroatoms. The number of ether oxygens (including phenoxy) is 2. The maximum atomic E-state index is 14.2. The summed E-state index contributed by atoms with van der Waals surface area (Å²) >= 11 is 0. The molecule has 4 aromatic carbocycles. The van der Waals surface area contributed by atoms with E-state index in [1.54, 1.807) is 14.2 Å². The average molecular weight is 633 g/mol. The molecule has 1 atom stereocenters. The van der Waals surface area contributed by atoms with Gasteiger partial charge in [-0.25, -0.2) is 0 Å². The van der Waals surface area contributed by atoms with Gasteiger partial charge in [0, 0.05) is 62.6 Å². The van der Waals surface area contributed by atoms with E-state index < -0.39 is 0 Å². The van der Waals surface area contributed by atoms with Gasteiger partial charge in [-0.3, -0.25) is 9.69 Å². The van der Waals surface area contributed by atoms with Crippen LogP contribution in [0.4, 0.5) is 5.69 Å². The van der Waals surface area contributed by atoms with Gasteiger partial charge in [-0.15, -0.1) is 0 Å². The van der Waals surface area contributed by atoms with Crippen LogP contribution in [0.2, 0.25) is 0 Å². The zero-order valence-electron chi connectivity index (χ0n) is 28.1. The SMILES string of the molecule is CCN1CCN(c2cccc3c2CN(C(CCCN(Cc2ccccc2)Cc2ccccc2)c2ccc(OC)c(OC)c2)C3=O)CC1. The van der Waals surface area contributed by atoms with E-state index in [1.807, 2.05) is 12.1 Å². The van der Waals surface area contributed by atoms with E-state index in [9.17, 15) is 4.79 Å². The topological polar surface area (TPSA) is 48.5 Å². The van der Waals surface area contributed by atoms with Gasteiger partial charge in [-0.05, 0) is 66.9 Å². The first kappa shape index (κ1) is 32.6. The molecule has 0 saturated carbocycles. The normalized spacial score (nSPS) is 15.6. The van der Waals surface area contributed by atoms with E-state index in [4.69, 9.17) is 9.47 Å². The summed E-state index contributed by atoms with van der Waals surface area (Å²) in [6.45, 7) is 10.6. The van der Waals surface area contributed by atoms with Gasteiger partial charge in [-0.1, -0.05) is 79.7 Å². The highest BCUT2D eigenvalue weighted by molar-refractivity contribution is 6.00. The van der Waals surface area contributed by atoms with Crippen molar-refractivity contribution in [1.29, 1.82) is 0 Å². The Morgan fingerprint density at radius 2 is 1.43 bits per heavy atom. The van der Waals surface area contributed by atoms with E-state index in [-0.39, 0.29) is 11.9 Å². The van der Waals surface area contributed by atoms with Crippen LogP contribution in [0.15, 0.2) is 97.1 Å². The highest BCUT2D eigenvalue weighted by Gasteiger charge is 2.36. The Balaban J connectivity index is 1.25. The second-order valence-corrected chi connectivity index (χ2v) is 12.6. The standard InChI is InChI=1S/C40H48N4O3/c1-4-41-23-25-43(26-24-41)37-18-11-17-34-35(37)30-44(40(34)45)36(33-20-21-38(46-2)39(27-33)47-3)19-12-22-42(28-31-13-7-5-8-14-31)29-32-15-9-6-10-16-32/h5-11,13-18,20-21,27,36H,4,12,19,22-26,28-30H2,1-3H3. The van der Waals surface area contributed by atoms with Crippen LogP contribution in [0.1, 0.15) is 58.4 Å². The lowest BCUT2D eigenvalue weighted by atomic mass is 9.99. The van der Waals surface area contributed by atoms with Gasteiger partial charge in [0.2, 0.25) is 0 Å². The van der Waals surface area contributed by atoms with Crippen LogP contribution in [0, 0.1) is 0 Å². The number of likely N-dealkylation sites (N-methyl/N-ethyl adjacent to an activating group) is 1. The number of hydrogen-bond acceptors (Lipinski definition) is 6. The Bertz CT molecular complexity index is 1560. The van der Waals surface area contributed by atoms with Crippen molar-refractivity contribution in [3.8, 4) is 11.5 Å². The first-order valence-corrected chi connectivity index (χ1v) is 17.0. The summed E-state index contributed by atoms with van der Waals surface area (Å²) < 4.78 is 11.3. The minimum Gasteiger partial charge on any atom is -0.493 e. The first-order valence-electron chi connectivity index (χ1n) is 17.0. The van der Waals surface area contributed by atoms with Gasteiger partial charge >= 0.3 is 0 Å². The van der Waals surface area contributed by atoms with Gasteiger partial charge in [0.05, 0.1) is 20.3 Å². The quantitative estimate of drug-likeness (QED) is 0.149. The number of piperazine rings is 1. The molecule has 7 nitrogen and oxygen atoms in total. The Hall–Kier alpha value is -4.33. The molecule has 1 amide bonds. The third-order valence-electron chi connectivity index (χ3n) is 9.75. The fourth-order valence-electron chi connectivity index (χ4n) is 7.16. The van der Waals surface area contributed by atoms with Crippen molar-refractivity contribution >= 4 is 11.6 Å². The Labute approximate surface area is 280 Å². The lowest BCUT2D eigenvalue weighted by Crippen LogP contribution is -2.46. The summed E-state index contributed by atoms with van der Waals surface area (Å²) in [5.74, 6) is 1.49. The number of benzene rings is 4. The Kier molecular flexibility index (Phi) is 10.8. The molecule has 246 valence electrons. The molecule has 47 heavy (non-hydrogen) atoms. The number of nitrogens with zero attached hydrogens (tertiary/aromatic N) is 4. The number of rotatable bonds is 14. The number of carbonyl (C=O) groups is 1. The molecule has 2 heterocycles. The molecule has 2 aliphatic heterocycles. The fraction of sp³-hybridized carbons (Fsp3) is 0.375. The number of fused-ring (bicyclic) bond motifs is 1. The van der Waals surface area contributed by atoms with Crippen LogP contribution < -0.4 is 14.4 Å². The lowest BCUT2D eigenvalue weighted by Gasteiger charge is -2.36. The monoisotopic (exact) mass is 632 g/mol. The van der Waals surface area contributed by atoms with Gasteiger partial charge < -0.3 is 24.2 Å². The molecule has 1 fully saturated rings. The molecule has 6 rings (SSSR count). The van der Waals surface area contributed by atoms with Crippen LogP contribution in [0.25, 0.3) is 0 Å². The summed E-state index contributed by atoms with van der Waals surface area (Å²) in [5.41, 5.74) is 6.87. The summed E-state index contributed by atoms with van der Waals surface area (Å²) in [7, 11) is 3.33. The predicted molar refractivity (Wildman–Crippen MR) is 189 cm³/mol. The third-order valence-corrected chi connectivity index (χ3v) is 9.75. The highest BCUT2D eigenvalue weighted by atomic mass is 16.5. The molecule has 4 aromatic rings. The fourth-order valence-corrected chi connectivity index (χ4v) is 7.16. The van der Waals surface area contributed by atoms with E-state index >= 15 is 0 Å². The summed E-state index contributed by atoms with van der Waals surface area (Å²) in [5, 5.41) is 0.